The number of ether oxygens (including phenoxy) is 1. The summed E-state index contributed by atoms with van der Waals surface area (Å²) in [5.41, 5.74) is -1.26. The highest BCUT2D eigenvalue weighted by Crippen LogP contribution is 2.29. The van der Waals surface area contributed by atoms with Gasteiger partial charge < -0.3 is 9.30 Å². The first-order valence-corrected chi connectivity index (χ1v) is 5.55. The van der Waals surface area contributed by atoms with Crippen LogP contribution >= 0.6 is 0 Å². The highest BCUT2D eigenvalue weighted by Gasteiger charge is 2.23. The van der Waals surface area contributed by atoms with E-state index in [9.17, 15) is 18.9 Å². The molecule has 1 aromatic heterocycles. The van der Waals surface area contributed by atoms with Crippen LogP contribution in [0.5, 0.6) is 0 Å². The molecule has 1 aromatic carbocycles. The Morgan fingerprint density at radius 2 is 2.20 bits per heavy atom. The molecule has 0 unspecified atom stereocenters. The first-order chi connectivity index (χ1) is 9.54. The van der Waals surface area contributed by atoms with Gasteiger partial charge in [0.2, 0.25) is 5.82 Å². The molecule has 0 fully saturated rings. The lowest BCUT2D eigenvalue weighted by molar-refractivity contribution is -0.387. The zero-order valence-corrected chi connectivity index (χ0v) is 10.4. The lowest BCUT2D eigenvalue weighted by Gasteiger charge is -2.07. The Labute approximate surface area is 112 Å². The van der Waals surface area contributed by atoms with Crippen LogP contribution in [0.25, 0.3) is 11.4 Å². The van der Waals surface area contributed by atoms with Crippen LogP contribution in [0.1, 0.15) is 0 Å². The average Bonchev–Trinajstić information content (AvgIpc) is 2.86. The van der Waals surface area contributed by atoms with Crippen molar-refractivity contribution < 1.29 is 18.4 Å². The monoisotopic (exact) mass is 284 g/mol. The molecule has 0 N–H and O–H groups in total. The molecule has 0 amide bonds. The van der Waals surface area contributed by atoms with Crippen molar-refractivity contribution in [1.29, 1.82) is 0 Å². The van der Waals surface area contributed by atoms with Crippen molar-refractivity contribution in [1.82, 2.24) is 14.8 Å². The largest absolute Gasteiger partial charge is 0.383 e. The van der Waals surface area contributed by atoms with Gasteiger partial charge in [-0.3, -0.25) is 10.1 Å². The van der Waals surface area contributed by atoms with Crippen LogP contribution < -0.4 is 0 Å². The molecule has 0 aliphatic heterocycles. The van der Waals surface area contributed by atoms with E-state index in [0.29, 0.717) is 19.2 Å². The second-order valence-corrected chi connectivity index (χ2v) is 3.88. The average molecular weight is 284 g/mol. The summed E-state index contributed by atoms with van der Waals surface area (Å²) in [7, 11) is 1.48. The van der Waals surface area contributed by atoms with Gasteiger partial charge in [-0.1, -0.05) is 0 Å². The number of hydrogen-bond acceptors (Lipinski definition) is 5. The van der Waals surface area contributed by atoms with E-state index in [0.717, 1.165) is 6.07 Å². The second-order valence-electron chi connectivity index (χ2n) is 3.88. The second kappa shape index (κ2) is 5.70. The van der Waals surface area contributed by atoms with Gasteiger partial charge in [0.1, 0.15) is 12.1 Å². The fraction of sp³-hybridized carbons (Fsp3) is 0.273. The van der Waals surface area contributed by atoms with Gasteiger partial charge in [-0.2, -0.15) is 4.39 Å². The molecule has 0 saturated carbocycles. The lowest BCUT2D eigenvalue weighted by Crippen LogP contribution is -2.06. The summed E-state index contributed by atoms with van der Waals surface area (Å²) >= 11 is 0. The molecule has 0 bridgehead atoms. The van der Waals surface area contributed by atoms with Crippen LogP contribution in [0.15, 0.2) is 18.5 Å². The first-order valence-electron chi connectivity index (χ1n) is 5.55. The standard InChI is InChI=1S/C11H10F2N4O3/c1-20-3-2-16-6-14-15-11(16)8-4-7(12)5-9(10(8)13)17(18)19/h4-6H,2-3H2,1H3. The maximum absolute atomic E-state index is 14.0. The molecule has 1 heterocycles. The lowest BCUT2D eigenvalue weighted by atomic mass is 10.1. The number of aromatic nitrogens is 3. The van der Waals surface area contributed by atoms with E-state index in [4.69, 9.17) is 4.74 Å². The predicted molar refractivity (Wildman–Crippen MR) is 63.9 cm³/mol. The number of methoxy groups -OCH3 is 1. The zero-order valence-electron chi connectivity index (χ0n) is 10.4. The van der Waals surface area contributed by atoms with Crippen molar-refractivity contribution in [2.45, 2.75) is 6.54 Å². The van der Waals surface area contributed by atoms with Gasteiger partial charge in [-0.05, 0) is 6.07 Å². The Morgan fingerprint density at radius 1 is 1.45 bits per heavy atom. The molecule has 106 valence electrons. The molecular formula is C11H10F2N4O3. The number of benzene rings is 1. The minimum atomic E-state index is -1.15. The molecule has 0 saturated heterocycles. The van der Waals surface area contributed by atoms with E-state index in [1.165, 1.54) is 18.0 Å². The van der Waals surface area contributed by atoms with Crippen LogP contribution in [0, 0.1) is 21.7 Å². The summed E-state index contributed by atoms with van der Waals surface area (Å²) in [6.45, 7) is 0.618. The van der Waals surface area contributed by atoms with E-state index in [2.05, 4.69) is 10.2 Å². The maximum atomic E-state index is 14.0. The van der Waals surface area contributed by atoms with Gasteiger partial charge in [0.15, 0.2) is 5.82 Å². The highest BCUT2D eigenvalue weighted by molar-refractivity contribution is 5.61. The summed E-state index contributed by atoms with van der Waals surface area (Å²) in [5.74, 6) is -2.07. The minimum absolute atomic E-state index is 0.00199. The van der Waals surface area contributed by atoms with Gasteiger partial charge in [0.25, 0.3) is 0 Å². The van der Waals surface area contributed by atoms with Crippen molar-refractivity contribution in [2.24, 2.45) is 0 Å². The third-order valence-corrected chi connectivity index (χ3v) is 2.61. The summed E-state index contributed by atoms with van der Waals surface area (Å²) in [6.07, 6.45) is 1.31. The topological polar surface area (TPSA) is 83.1 Å². The van der Waals surface area contributed by atoms with E-state index in [-0.39, 0.29) is 11.4 Å². The van der Waals surface area contributed by atoms with Crippen LogP contribution in [0.3, 0.4) is 0 Å². The van der Waals surface area contributed by atoms with E-state index in [1.807, 2.05) is 0 Å². The van der Waals surface area contributed by atoms with Gasteiger partial charge in [-0.15, -0.1) is 10.2 Å². The third kappa shape index (κ3) is 2.62. The maximum Gasteiger partial charge on any atom is 0.308 e. The third-order valence-electron chi connectivity index (χ3n) is 2.61. The Balaban J connectivity index is 2.53. The Bertz CT molecular complexity index is 645. The van der Waals surface area contributed by atoms with Crippen LogP contribution in [0.4, 0.5) is 14.5 Å². The molecule has 2 aromatic rings. The Hall–Kier alpha value is -2.42. The fourth-order valence-electron chi connectivity index (χ4n) is 1.69. The van der Waals surface area contributed by atoms with Gasteiger partial charge in [-0.25, -0.2) is 4.39 Å². The summed E-state index contributed by atoms with van der Waals surface area (Å²) < 4.78 is 33.7. The van der Waals surface area contributed by atoms with Gasteiger partial charge >= 0.3 is 5.69 Å². The Kier molecular flexibility index (Phi) is 3.99. The van der Waals surface area contributed by atoms with Crippen molar-refractivity contribution >= 4 is 5.69 Å². The van der Waals surface area contributed by atoms with Crippen molar-refractivity contribution in [2.75, 3.05) is 13.7 Å². The van der Waals surface area contributed by atoms with Crippen LogP contribution in [-0.2, 0) is 11.3 Å². The molecule has 0 spiro atoms. The smallest absolute Gasteiger partial charge is 0.308 e. The number of rotatable bonds is 5. The molecule has 9 heteroatoms. The SMILES string of the molecule is COCCn1cnnc1-c1cc(F)cc([N+](=O)[O-])c1F. The van der Waals surface area contributed by atoms with Crippen LogP contribution in [-0.4, -0.2) is 33.4 Å². The summed E-state index contributed by atoms with van der Waals surface area (Å²) in [6, 6.07) is 1.37. The number of nitro groups is 1. The van der Waals surface area contributed by atoms with E-state index < -0.39 is 22.2 Å². The molecule has 0 aliphatic rings. The fourth-order valence-corrected chi connectivity index (χ4v) is 1.69. The molecule has 20 heavy (non-hydrogen) atoms. The molecule has 2 rings (SSSR count). The van der Waals surface area contributed by atoms with Gasteiger partial charge in [0.05, 0.1) is 23.2 Å². The molecule has 7 nitrogen and oxygen atoms in total. The summed E-state index contributed by atoms with van der Waals surface area (Å²) in [5, 5.41) is 18.0. The number of hydrogen-bond donors (Lipinski definition) is 0. The van der Waals surface area contributed by atoms with Gasteiger partial charge in [0, 0.05) is 13.7 Å². The van der Waals surface area contributed by atoms with E-state index in [1.54, 1.807) is 0 Å². The number of nitrogens with zero attached hydrogens (tertiary/aromatic N) is 4. The number of halogens is 2. The molecule has 0 aliphatic carbocycles. The molecule has 0 atom stereocenters. The quantitative estimate of drug-likeness (QED) is 0.617. The van der Waals surface area contributed by atoms with Crippen molar-refractivity contribution in [3.05, 3.63) is 40.2 Å². The normalized spacial score (nSPS) is 10.8. The predicted octanol–water partition coefficient (Wildman–Crippen LogP) is 1.78. The molecule has 0 radical (unpaired) electrons. The van der Waals surface area contributed by atoms with Crippen molar-refractivity contribution in [3.8, 4) is 11.4 Å². The zero-order chi connectivity index (χ0) is 14.7. The summed E-state index contributed by atoms with van der Waals surface area (Å²) in [4.78, 5) is 9.70. The first kappa shape index (κ1) is 14.0. The van der Waals surface area contributed by atoms with Crippen molar-refractivity contribution in [3.63, 3.8) is 0 Å². The van der Waals surface area contributed by atoms with E-state index >= 15 is 0 Å². The minimum Gasteiger partial charge on any atom is -0.383 e. The highest BCUT2D eigenvalue weighted by atomic mass is 19.1. The van der Waals surface area contributed by atoms with Crippen LogP contribution in [0.2, 0.25) is 0 Å². The number of nitro benzene ring substituents is 1. The Morgan fingerprint density at radius 3 is 2.85 bits per heavy atom. The molecular weight excluding hydrogens is 274 g/mol.